The lowest BCUT2D eigenvalue weighted by Gasteiger charge is -1.97. The van der Waals surface area contributed by atoms with Crippen molar-refractivity contribution in [1.29, 1.82) is 0 Å². The molecule has 3 nitrogen and oxygen atoms in total. The van der Waals surface area contributed by atoms with Crippen molar-refractivity contribution in [1.82, 2.24) is 0 Å². The van der Waals surface area contributed by atoms with E-state index in [1.165, 1.54) is 19.1 Å². The molecule has 0 amide bonds. The predicted molar refractivity (Wildman–Crippen MR) is 44.1 cm³/mol. The van der Waals surface area contributed by atoms with Crippen molar-refractivity contribution in [3.05, 3.63) is 33.9 Å². The molecule has 0 radical (unpaired) electrons. The Kier molecular flexibility index (Phi) is 2.43. The van der Waals surface area contributed by atoms with Crippen LogP contribution in [0.15, 0.2) is 21.3 Å². The van der Waals surface area contributed by atoms with Crippen LogP contribution in [0.5, 0.6) is 0 Å². The molecule has 0 aliphatic heterocycles. The number of Topliss-reactive ketones (excluding diaryl/α,β-unsaturated/α-hetero) is 1. The third-order valence-electron chi connectivity index (χ3n) is 1.36. The SMILES string of the molecule is CC(=O)Cc1cc(=O)cc(C)o1. The predicted octanol–water partition coefficient (Wildman–Crippen LogP) is 1.08. The standard InChI is InChI=1S/C9H10O3/c1-6(10)3-9-5-8(11)4-7(2)12-9/h4-5H,3H2,1-2H3. The number of hydrogen-bond donors (Lipinski definition) is 0. The summed E-state index contributed by atoms with van der Waals surface area (Å²) < 4.78 is 5.15. The van der Waals surface area contributed by atoms with E-state index in [1.54, 1.807) is 6.92 Å². The van der Waals surface area contributed by atoms with Gasteiger partial charge in [-0.15, -0.1) is 0 Å². The lowest BCUT2D eigenvalue weighted by Crippen LogP contribution is -2.04. The van der Waals surface area contributed by atoms with Gasteiger partial charge in [-0.2, -0.15) is 0 Å². The zero-order valence-corrected chi connectivity index (χ0v) is 7.09. The molecule has 0 aliphatic rings. The molecule has 1 heterocycles. The van der Waals surface area contributed by atoms with Gasteiger partial charge in [0.2, 0.25) is 0 Å². The van der Waals surface area contributed by atoms with Gasteiger partial charge in [0.1, 0.15) is 17.3 Å². The van der Waals surface area contributed by atoms with Gasteiger partial charge in [0.15, 0.2) is 5.43 Å². The molecule has 0 unspecified atom stereocenters. The van der Waals surface area contributed by atoms with Gasteiger partial charge in [0.25, 0.3) is 0 Å². The van der Waals surface area contributed by atoms with Crippen molar-refractivity contribution < 1.29 is 9.21 Å². The van der Waals surface area contributed by atoms with E-state index in [1.807, 2.05) is 0 Å². The van der Waals surface area contributed by atoms with Gasteiger partial charge in [0, 0.05) is 12.1 Å². The van der Waals surface area contributed by atoms with Crippen molar-refractivity contribution in [2.45, 2.75) is 20.3 Å². The zero-order chi connectivity index (χ0) is 9.14. The maximum atomic E-state index is 10.9. The van der Waals surface area contributed by atoms with Crippen LogP contribution in [0, 0.1) is 6.92 Å². The minimum atomic E-state index is -0.116. The Hall–Kier alpha value is -1.38. The van der Waals surface area contributed by atoms with Crippen LogP contribution in [-0.2, 0) is 11.2 Å². The second-order valence-corrected chi connectivity index (χ2v) is 2.75. The average Bonchev–Trinajstić information content (AvgIpc) is 1.81. The highest BCUT2D eigenvalue weighted by Crippen LogP contribution is 2.01. The topological polar surface area (TPSA) is 47.3 Å². The molecule has 0 bridgehead atoms. The normalized spacial score (nSPS) is 9.83. The fourth-order valence-corrected chi connectivity index (χ4v) is 0.999. The summed E-state index contributed by atoms with van der Waals surface area (Å²) in [6.45, 7) is 3.15. The quantitative estimate of drug-likeness (QED) is 0.660. The minimum absolute atomic E-state index is 0.0104. The maximum absolute atomic E-state index is 10.9. The summed E-state index contributed by atoms with van der Waals surface area (Å²) in [4.78, 5) is 21.6. The lowest BCUT2D eigenvalue weighted by molar-refractivity contribution is -0.116. The molecule has 0 saturated heterocycles. The van der Waals surface area contributed by atoms with Crippen LogP contribution in [0.2, 0.25) is 0 Å². The number of ketones is 1. The summed E-state index contributed by atoms with van der Waals surface area (Å²) in [5.41, 5.74) is -0.116. The van der Waals surface area contributed by atoms with Crippen LogP contribution in [0.25, 0.3) is 0 Å². The molecule has 1 rings (SSSR count). The van der Waals surface area contributed by atoms with Gasteiger partial charge in [-0.25, -0.2) is 0 Å². The second kappa shape index (κ2) is 3.34. The Morgan fingerprint density at radius 3 is 2.67 bits per heavy atom. The second-order valence-electron chi connectivity index (χ2n) is 2.75. The molecule has 1 aromatic rings. The molecule has 0 spiro atoms. The van der Waals surface area contributed by atoms with Crippen molar-refractivity contribution in [2.75, 3.05) is 0 Å². The number of rotatable bonds is 2. The molecule has 0 atom stereocenters. The molecule has 1 aromatic heterocycles. The summed E-state index contributed by atoms with van der Waals surface area (Å²) in [6, 6.07) is 2.73. The highest BCUT2D eigenvalue weighted by atomic mass is 16.3. The highest BCUT2D eigenvalue weighted by Gasteiger charge is 2.01. The molecule has 12 heavy (non-hydrogen) atoms. The van der Waals surface area contributed by atoms with E-state index in [0.717, 1.165) is 0 Å². The van der Waals surface area contributed by atoms with Crippen LogP contribution in [0.3, 0.4) is 0 Å². The van der Waals surface area contributed by atoms with E-state index in [-0.39, 0.29) is 17.6 Å². The van der Waals surface area contributed by atoms with E-state index >= 15 is 0 Å². The van der Waals surface area contributed by atoms with Crippen molar-refractivity contribution in [3.63, 3.8) is 0 Å². The molecule has 3 heteroatoms. The molecule has 0 aromatic carbocycles. The fourth-order valence-electron chi connectivity index (χ4n) is 0.999. The molecule has 0 aliphatic carbocycles. The Morgan fingerprint density at radius 1 is 1.50 bits per heavy atom. The van der Waals surface area contributed by atoms with E-state index in [4.69, 9.17) is 4.42 Å². The van der Waals surface area contributed by atoms with Crippen LogP contribution < -0.4 is 5.43 Å². The summed E-state index contributed by atoms with van der Waals surface area (Å²) in [5, 5.41) is 0. The Balaban J connectivity index is 3.01. The first kappa shape index (κ1) is 8.71. The highest BCUT2D eigenvalue weighted by molar-refractivity contribution is 5.77. The molecule has 0 N–H and O–H groups in total. The monoisotopic (exact) mass is 166 g/mol. The number of carbonyl (C=O) groups excluding carboxylic acids is 1. The fraction of sp³-hybridized carbons (Fsp3) is 0.333. The van der Waals surface area contributed by atoms with Gasteiger partial charge in [-0.3, -0.25) is 9.59 Å². The molecule has 0 fully saturated rings. The zero-order valence-electron chi connectivity index (χ0n) is 7.09. The number of hydrogen-bond acceptors (Lipinski definition) is 3. The van der Waals surface area contributed by atoms with Crippen LogP contribution >= 0.6 is 0 Å². The smallest absolute Gasteiger partial charge is 0.185 e. The lowest BCUT2D eigenvalue weighted by atomic mass is 10.2. The van der Waals surface area contributed by atoms with Gasteiger partial charge >= 0.3 is 0 Å². The van der Waals surface area contributed by atoms with E-state index in [0.29, 0.717) is 11.5 Å². The minimum Gasteiger partial charge on any atom is -0.466 e. The summed E-state index contributed by atoms with van der Waals surface area (Å²) in [7, 11) is 0. The first-order valence-electron chi connectivity index (χ1n) is 3.68. The summed E-state index contributed by atoms with van der Waals surface area (Å²) >= 11 is 0. The Morgan fingerprint density at radius 2 is 2.17 bits per heavy atom. The third-order valence-corrected chi connectivity index (χ3v) is 1.36. The van der Waals surface area contributed by atoms with Crippen LogP contribution in [-0.4, -0.2) is 5.78 Å². The molecular formula is C9H10O3. The van der Waals surface area contributed by atoms with Gasteiger partial charge < -0.3 is 4.42 Å². The van der Waals surface area contributed by atoms with E-state index < -0.39 is 0 Å². The average molecular weight is 166 g/mol. The largest absolute Gasteiger partial charge is 0.466 e. The Labute approximate surface area is 70.0 Å². The van der Waals surface area contributed by atoms with Crippen molar-refractivity contribution >= 4 is 5.78 Å². The van der Waals surface area contributed by atoms with Crippen molar-refractivity contribution in [3.8, 4) is 0 Å². The van der Waals surface area contributed by atoms with Crippen LogP contribution in [0.1, 0.15) is 18.4 Å². The first-order chi connectivity index (χ1) is 5.58. The maximum Gasteiger partial charge on any atom is 0.185 e. The molecular weight excluding hydrogens is 156 g/mol. The summed E-state index contributed by atoms with van der Waals surface area (Å²) in [6.07, 6.45) is 0.191. The molecule has 0 saturated carbocycles. The first-order valence-corrected chi connectivity index (χ1v) is 3.68. The number of aryl methyl sites for hydroxylation is 1. The third kappa shape index (κ3) is 2.34. The van der Waals surface area contributed by atoms with Gasteiger partial charge in [-0.1, -0.05) is 0 Å². The molecule has 64 valence electrons. The van der Waals surface area contributed by atoms with E-state index in [9.17, 15) is 9.59 Å². The van der Waals surface area contributed by atoms with Crippen molar-refractivity contribution in [2.24, 2.45) is 0 Å². The summed E-state index contributed by atoms with van der Waals surface area (Å²) in [5.74, 6) is 0.968. The Bertz CT molecular complexity index is 349. The van der Waals surface area contributed by atoms with E-state index in [2.05, 4.69) is 0 Å². The number of carbonyl (C=O) groups is 1. The van der Waals surface area contributed by atoms with Gasteiger partial charge in [0.05, 0.1) is 6.42 Å². The van der Waals surface area contributed by atoms with Gasteiger partial charge in [-0.05, 0) is 13.8 Å². The van der Waals surface area contributed by atoms with Crippen LogP contribution in [0.4, 0.5) is 0 Å².